The minimum atomic E-state index is -0.838. The molecule has 21 heavy (non-hydrogen) atoms. The number of nitrogens with one attached hydrogen (secondary N) is 1. The number of carboxylic acid groups (broad SMARTS) is 1. The molecule has 0 fully saturated rings. The molecule has 0 saturated carbocycles. The van der Waals surface area contributed by atoms with Crippen molar-refractivity contribution in [2.75, 3.05) is 13.2 Å². The first kappa shape index (κ1) is 17.0. The van der Waals surface area contributed by atoms with Crippen molar-refractivity contribution in [1.82, 2.24) is 5.32 Å². The molecule has 1 amide bonds. The molecule has 0 radical (unpaired) electrons. The number of hydrogen-bond donors (Lipinski definition) is 2. The maximum Gasteiger partial charge on any atom is 0.303 e. The Labute approximate surface area is 125 Å². The summed E-state index contributed by atoms with van der Waals surface area (Å²) in [6.07, 6.45) is 2.59. The molecule has 5 nitrogen and oxygen atoms in total. The number of carboxylic acids is 1. The summed E-state index contributed by atoms with van der Waals surface area (Å²) in [7, 11) is 0. The Morgan fingerprint density at radius 1 is 1.19 bits per heavy atom. The van der Waals surface area contributed by atoms with Crippen LogP contribution in [-0.4, -0.2) is 30.1 Å². The Balaban J connectivity index is 2.21. The van der Waals surface area contributed by atoms with Crippen LogP contribution in [0.2, 0.25) is 0 Å². The zero-order valence-electron chi connectivity index (χ0n) is 12.4. The van der Waals surface area contributed by atoms with Crippen LogP contribution in [0.1, 0.15) is 38.2 Å². The van der Waals surface area contributed by atoms with E-state index in [1.165, 1.54) is 0 Å². The summed E-state index contributed by atoms with van der Waals surface area (Å²) in [5.41, 5.74) is 1.08. The quantitative estimate of drug-likeness (QED) is 0.649. The van der Waals surface area contributed by atoms with Gasteiger partial charge in [0.15, 0.2) is 0 Å². The molecule has 0 aliphatic heterocycles. The van der Waals surface area contributed by atoms with Gasteiger partial charge in [0.2, 0.25) is 5.91 Å². The average Bonchev–Trinajstić information content (AvgIpc) is 2.48. The second-order valence-corrected chi connectivity index (χ2v) is 4.84. The fourth-order valence-electron chi connectivity index (χ4n) is 1.79. The summed E-state index contributed by atoms with van der Waals surface area (Å²) in [6, 6.07) is 7.75. The zero-order valence-corrected chi connectivity index (χ0v) is 12.4. The van der Waals surface area contributed by atoms with E-state index in [1.807, 2.05) is 24.3 Å². The van der Waals surface area contributed by atoms with E-state index in [-0.39, 0.29) is 12.3 Å². The highest BCUT2D eigenvalue weighted by Crippen LogP contribution is 2.13. The number of rotatable bonds is 10. The number of carbonyl (C=O) groups is 2. The Hall–Kier alpha value is -2.04. The number of aliphatic carboxylic acids is 1. The molecule has 1 rings (SSSR count). The molecule has 0 aliphatic carbocycles. The van der Waals surface area contributed by atoms with E-state index in [0.29, 0.717) is 32.4 Å². The highest BCUT2D eigenvalue weighted by molar-refractivity contribution is 5.76. The van der Waals surface area contributed by atoms with Gasteiger partial charge in [-0.2, -0.15) is 0 Å². The van der Waals surface area contributed by atoms with Crippen LogP contribution in [0.3, 0.4) is 0 Å². The lowest BCUT2D eigenvalue weighted by atomic mass is 10.1. The van der Waals surface area contributed by atoms with E-state index < -0.39 is 5.97 Å². The lowest BCUT2D eigenvalue weighted by Gasteiger charge is -2.06. The molecule has 1 aromatic carbocycles. The Kier molecular flexibility index (Phi) is 7.94. The molecule has 0 aliphatic rings. The fraction of sp³-hybridized carbons (Fsp3) is 0.500. The third-order valence-electron chi connectivity index (χ3n) is 2.93. The number of amides is 1. The lowest BCUT2D eigenvalue weighted by molar-refractivity contribution is -0.137. The van der Waals surface area contributed by atoms with Gasteiger partial charge >= 0.3 is 5.97 Å². The summed E-state index contributed by atoms with van der Waals surface area (Å²) < 4.78 is 5.49. The second-order valence-electron chi connectivity index (χ2n) is 4.84. The van der Waals surface area contributed by atoms with Crippen LogP contribution in [0.5, 0.6) is 5.75 Å². The van der Waals surface area contributed by atoms with Gasteiger partial charge in [0.1, 0.15) is 5.75 Å². The second kappa shape index (κ2) is 9.80. The van der Waals surface area contributed by atoms with Gasteiger partial charge in [-0.15, -0.1) is 0 Å². The van der Waals surface area contributed by atoms with Crippen LogP contribution in [-0.2, 0) is 16.0 Å². The molecule has 0 atom stereocenters. The van der Waals surface area contributed by atoms with Crippen LogP contribution in [0.25, 0.3) is 0 Å². The molecule has 0 unspecified atom stereocenters. The minimum Gasteiger partial charge on any atom is -0.494 e. The number of benzene rings is 1. The van der Waals surface area contributed by atoms with E-state index in [1.54, 1.807) is 0 Å². The number of ether oxygens (including phenoxy) is 1. The fourth-order valence-corrected chi connectivity index (χ4v) is 1.79. The van der Waals surface area contributed by atoms with Gasteiger partial charge in [-0.25, -0.2) is 0 Å². The first-order valence-corrected chi connectivity index (χ1v) is 7.32. The molecule has 116 valence electrons. The van der Waals surface area contributed by atoms with Gasteiger partial charge in [0, 0.05) is 19.4 Å². The van der Waals surface area contributed by atoms with Gasteiger partial charge in [0.25, 0.3) is 0 Å². The van der Waals surface area contributed by atoms with Crippen molar-refractivity contribution in [2.24, 2.45) is 0 Å². The summed E-state index contributed by atoms with van der Waals surface area (Å²) >= 11 is 0. The van der Waals surface area contributed by atoms with E-state index in [9.17, 15) is 9.59 Å². The lowest BCUT2D eigenvalue weighted by Crippen LogP contribution is -2.25. The Bertz CT molecular complexity index is 442. The SMILES string of the molecule is CCCOc1ccc(CCC(=O)NCCCC(=O)O)cc1. The van der Waals surface area contributed by atoms with Gasteiger partial charge < -0.3 is 15.2 Å². The van der Waals surface area contributed by atoms with E-state index in [4.69, 9.17) is 9.84 Å². The average molecular weight is 293 g/mol. The summed E-state index contributed by atoms with van der Waals surface area (Å²) in [6.45, 7) is 3.18. The molecular formula is C16H23NO4. The highest BCUT2D eigenvalue weighted by atomic mass is 16.5. The monoisotopic (exact) mass is 293 g/mol. The molecular weight excluding hydrogens is 270 g/mol. The van der Waals surface area contributed by atoms with Crippen molar-refractivity contribution in [3.8, 4) is 5.75 Å². The Morgan fingerprint density at radius 2 is 1.90 bits per heavy atom. The van der Waals surface area contributed by atoms with E-state index in [0.717, 1.165) is 17.7 Å². The van der Waals surface area contributed by atoms with Crippen LogP contribution in [0, 0.1) is 0 Å². The number of carbonyl (C=O) groups excluding carboxylic acids is 1. The van der Waals surface area contributed by atoms with Crippen LogP contribution in [0.4, 0.5) is 0 Å². The molecule has 1 aromatic rings. The van der Waals surface area contributed by atoms with Crippen LogP contribution >= 0.6 is 0 Å². The maximum atomic E-state index is 11.6. The van der Waals surface area contributed by atoms with Crippen molar-refractivity contribution < 1.29 is 19.4 Å². The topological polar surface area (TPSA) is 75.6 Å². The largest absolute Gasteiger partial charge is 0.494 e. The smallest absolute Gasteiger partial charge is 0.303 e. The minimum absolute atomic E-state index is 0.0494. The predicted octanol–water partition coefficient (Wildman–Crippen LogP) is 2.39. The van der Waals surface area contributed by atoms with E-state index in [2.05, 4.69) is 12.2 Å². The summed E-state index contributed by atoms with van der Waals surface area (Å²) in [4.78, 5) is 21.9. The Morgan fingerprint density at radius 3 is 2.52 bits per heavy atom. The summed E-state index contributed by atoms with van der Waals surface area (Å²) in [5, 5.41) is 11.2. The third-order valence-corrected chi connectivity index (χ3v) is 2.93. The maximum absolute atomic E-state index is 11.6. The van der Waals surface area contributed by atoms with Crippen molar-refractivity contribution in [3.05, 3.63) is 29.8 Å². The third kappa shape index (κ3) is 7.97. The first-order valence-electron chi connectivity index (χ1n) is 7.32. The van der Waals surface area contributed by atoms with Crippen LogP contribution in [0.15, 0.2) is 24.3 Å². The normalized spacial score (nSPS) is 10.1. The molecule has 2 N–H and O–H groups in total. The molecule has 0 spiro atoms. The van der Waals surface area contributed by atoms with Gasteiger partial charge in [-0.3, -0.25) is 9.59 Å². The predicted molar refractivity (Wildman–Crippen MR) is 80.4 cm³/mol. The van der Waals surface area contributed by atoms with Gasteiger partial charge in [0.05, 0.1) is 6.61 Å². The molecule has 0 bridgehead atoms. The summed E-state index contributed by atoms with van der Waals surface area (Å²) in [5.74, 6) is -0.0416. The van der Waals surface area contributed by atoms with Crippen molar-refractivity contribution in [2.45, 2.75) is 39.0 Å². The molecule has 0 saturated heterocycles. The first-order chi connectivity index (χ1) is 10.1. The van der Waals surface area contributed by atoms with E-state index >= 15 is 0 Å². The highest BCUT2D eigenvalue weighted by Gasteiger charge is 2.03. The standard InChI is InChI=1S/C16H23NO4/c1-2-12-21-14-8-5-13(6-9-14)7-10-15(18)17-11-3-4-16(19)20/h5-6,8-9H,2-4,7,10-12H2,1H3,(H,17,18)(H,19,20). The van der Waals surface area contributed by atoms with Gasteiger partial charge in [-0.1, -0.05) is 19.1 Å². The molecule has 5 heteroatoms. The molecule has 0 aromatic heterocycles. The van der Waals surface area contributed by atoms with Gasteiger partial charge in [-0.05, 0) is 37.0 Å². The van der Waals surface area contributed by atoms with Crippen molar-refractivity contribution in [3.63, 3.8) is 0 Å². The molecule has 0 heterocycles. The number of hydrogen-bond acceptors (Lipinski definition) is 3. The van der Waals surface area contributed by atoms with Crippen molar-refractivity contribution in [1.29, 1.82) is 0 Å². The van der Waals surface area contributed by atoms with Crippen molar-refractivity contribution >= 4 is 11.9 Å². The number of aryl methyl sites for hydroxylation is 1. The zero-order chi connectivity index (χ0) is 15.5. The van der Waals surface area contributed by atoms with Crippen LogP contribution < -0.4 is 10.1 Å².